The number of nitrogens with zero attached hydrogens (tertiary/aromatic N) is 3. The summed E-state index contributed by atoms with van der Waals surface area (Å²) in [6.45, 7) is -0.716. The molecule has 1 aliphatic heterocycles. The number of β-lactam (4-membered cyclic amide) rings is 1. The Morgan fingerprint density at radius 1 is 1.33 bits per heavy atom. The van der Waals surface area contributed by atoms with Gasteiger partial charge in [-0.1, -0.05) is 5.16 Å². The van der Waals surface area contributed by atoms with E-state index in [4.69, 9.17) is 23.2 Å². The molecule has 1 aromatic heterocycles. The van der Waals surface area contributed by atoms with Crippen molar-refractivity contribution in [1.82, 2.24) is 14.6 Å². The molecule has 0 bridgehead atoms. The van der Waals surface area contributed by atoms with Gasteiger partial charge in [0, 0.05) is 5.38 Å². The molecule has 1 aromatic rings. The number of rotatable bonds is 10. The predicted octanol–water partition coefficient (Wildman–Crippen LogP) is -4.39. The monoisotopic (exact) mass is 553 g/mol. The Labute approximate surface area is 223 Å². The van der Waals surface area contributed by atoms with Crippen molar-refractivity contribution < 1.29 is 71.3 Å². The summed E-state index contributed by atoms with van der Waals surface area (Å²) < 4.78 is 38.6. The maximum atomic E-state index is 12.7. The third kappa shape index (κ3) is 7.48. The first-order valence-corrected chi connectivity index (χ1v) is 11.6. The van der Waals surface area contributed by atoms with Gasteiger partial charge in [0.2, 0.25) is 5.91 Å². The van der Waals surface area contributed by atoms with E-state index in [0.717, 1.165) is 18.4 Å². The van der Waals surface area contributed by atoms with Crippen molar-refractivity contribution in [3.63, 3.8) is 0 Å². The second-order valence-electron chi connectivity index (χ2n) is 5.77. The van der Waals surface area contributed by atoms with Gasteiger partial charge in [-0.05, 0) is 0 Å². The van der Waals surface area contributed by atoms with Crippen LogP contribution in [0.3, 0.4) is 0 Å². The van der Waals surface area contributed by atoms with Crippen molar-refractivity contribution in [2.45, 2.75) is 12.1 Å². The van der Waals surface area contributed by atoms with Crippen molar-refractivity contribution in [2.75, 3.05) is 30.8 Å². The Kier molecular flexibility index (Phi) is 11.4. The summed E-state index contributed by atoms with van der Waals surface area (Å²) in [4.78, 5) is 56.0. The quantitative estimate of drug-likeness (QED) is 0.0542. The molecule has 176 valence electrons. The number of ether oxygens (including phenoxy) is 1. The topological polar surface area (TPSA) is 196 Å². The predicted molar refractivity (Wildman–Crippen MR) is 109 cm³/mol. The van der Waals surface area contributed by atoms with Gasteiger partial charge in [-0.25, -0.2) is 17.7 Å². The van der Waals surface area contributed by atoms with E-state index in [-0.39, 0.29) is 50.6 Å². The second kappa shape index (κ2) is 12.8. The molecule has 2 N–H and O–H groups in total. The Morgan fingerprint density at radius 3 is 2.55 bits per heavy atom. The Balaban J connectivity index is 0.00000544. The third-order valence-corrected chi connectivity index (χ3v) is 5.88. The summed E-state index contributed by atoms with van der Waals surface area (Å²) in [5.74, 6) is -4.63. The number of amides is 3. The Morgan fingerprint density at radius 2 is 2.00 bits per heavy atom. The number of carbonyl (C=O) groups is 4. The molecule has 14 nitrogen and oxygen atoms in total. The van der Waals surface area contributed by atoms with E-state index in [0.29, 0.717) is 0 Å². The van der Waals surface area contributed by atoms with Crippen LogP contribution in [0.5, 0.6) is 0 Å². The first-order chi connectivity index (χ1) is 15.0. The Hall–Kier alpha value is -1.53. The van der Waals surface area contributed by atoms with E-state index >= 15 is 0 Å². The van der Waals surface area contributed by atoms with E-state index in [9.17, 15) is 32.1 Å². The molecular weight excluding hydrogens is 540 g/mol. The summed E-state index contributed by atoms with van der Waals surface area (Å²) in [6.07, 6.45) is 0. The van der Waals surface area contributed by atoms with Crippen molar-refractivity contribution in [1.29, 1.82) is 0 Å². The smallest absolute Gasteiger partial charge is 0.731 e. The molecule has 1 fully saturated rings. The van der Waals surface area contributed by atoms with E-state index in [2.05, 4.69) is 30.3 Å². The number of esters is 1. The molecule has 3 amide bonds. The molecule has 19 heteroatoms. The number of hydrogen-bond acceptors (Lipinski definition) is 12. The molecule has 0 unspecified atom stereocenters. The number of nitrogens with one attached hydrogen (secondary N) is 2. The molecule has 33 heavy (non-hydrogen) atoms. The van der Waals surface area contributed by atoms with Crippen molar-refractivity contribution in [3.05, 3.63) is 11.1 Å². The number of hydrogen-bond donors (Lipinski definition) is 2. The van der Waals surface area contributed by atoms with Crippen molar-refractivity contribution in [3.8, 4) is 0 Å². The summed E-state index contributed by atoms with van der Waals surface area (Å²) in [5, 5.41) is 9.53. The van der Waals surface area contributed by atoms with Gasteiger partial charge in [0.1, 0.15) is 43.3 Å². The van der Waals surface area contributed by atoms with Crippen LogP contribution in [0, 0.1) is 0 Å². The van der Waals surface area contributed by atoms with Gasteiger partial charge in [0.25, 0.3) is 11.8 Å². The minimum Gasteiger partial charge on any atom is -0.731 e. The normalized spacial score (nSPS) is 18.0. The molecular formula is C14H14Cl2N5NaO9S2. The SMILES string of the molecule is CON=C(C(=O)N[C@@H]1C(=O)N(S(=O)(=O)[O-])[C@@H]1COC(=O)CCl)c1csc(NC(=O)CCl)n1.[Na+]. The molecule has 0 saturated carbocycles. The second-order valence-corrected chi connectivity index (χ2v) is 8.41. The van der Waals surface area contributed by atoms with Gasteiger partial charge in [-0.2, -0.15) is 0 Å². The van der Waals surface area contributed by atoms with Crippen LogP contribution in [-0.4, -0.2) is 89.2 Å². The molecule has 0 radical (unpaired) electrons. The average Bonchev–Trinajstić information content (AvgIpc) is 3.19. The summed E-state index contributed by atoms with van der Waals surface area (Å²) >= 11 is 11.6. The molecule has 0 aliphatic carbocycles. The van der Waals surface area contributed by atoms with Gasteiger partial charge >= 0.3 is 35.5 Å². The zero-order chi connectivity index (χ0) is 24.1. The van der Waals surface area contributed by atoms with Crippen LogP contribution in [-0.2, 0) is 39.1 Å². The van der Waals surface area contributed by atoms with Crippen molar-refractivity contribution in [2.24, 2.45) is 5.16 Å². The number of thiazole rings is 1. The van der Waals surface area contributed by atoms with Gasteiger partial charge in [-0.3, -0.25) is 19.2 Å². The minimum atomic E-state index is -5.24. The Bertz CT molecular complexity index is 1050. The van der Waals surface area contributed by atoms with Crippen LogP contribution in [0.4, 0.5) is 5.13 Å². The molecule has 0 spiro atoms. The summed E-state index contributed by atoms with van der Waals surface area (Å²) in [7, 11) is -4.11. The number of halogens is 2. The van der Waals surface area contributed by atoms with Gasteiger partial charge < -0.3 is 24.8 Å². The van der Waals surface area contributed by atoms with E-state index in [1.54, 1.807) is 0 Å². The average molecular weight is 554 g/mol. The largest absolute Gasteiger partial charge is 1.00 e. The zero-order valence-electron chi connectivity index (χ0n) is 16.9. The molecule has 1 saturated heterocycles. The van der Waals surface area contributed by atoms with Crippen LogP contribution >= 0.6 is 34.5 Å². The van der Waals surface area contributed by atoms with Crippen LogP contribution in [0.25, 0.3) is 0 Å². The zero-order valence-corrected chi connectivity index (χ0v) is 22.1. The number of anilines is 1. The van der Waals surface area contributed by atoms with Gasteiger partial charge in [0.05, 0.1) is 0 Å². The van der Waals surface area contributed by atoms with Gasteiger partial charge in [-0.15, -0.1) is 34.5 Å². The first kappa shape index (κ1) is 29.5. The molecule has 0 aromatic carbocycles. The number of oxime groups is 1. The fraction of sp³-hybridized carbons (Fsp3) is 0.429. The van der Waals surface area contributed by atoms with Gasteiger partial charge in [0.15, 0.2) is 21.1 Å². The molecule has 2 rings (SSSR count). The van der Waals surface area contributed by atoms with Crippen LogP contribution in [0.2, 0.25) is 0 Å². The first-order valence-electron chi connectivity index (χ1n) is 8.27. The summed E-state index contributed by atoms with van der Waals surface area (Å²) in [5.41, 5.74) is -0.479. The maximum Gasteiger partial charge on any atom is 1.00 e. The maximum absolute atomic E-state index is 12.7. The molecule has 2 atom stereocenters. The number of aromatic nitrogens is 1. The van der Waals surface area contributed by atoms with Crippen LogP contribution < -0.4 is 40.2 Å². The molecule has 1 aliphatic rings. The molecule has 2 heterocycles. The standard InChI is InChI=1S/C14H15Cl2N5O9S2.Na/c1-29-20-10(6-5-31-14(17-6)18-8(22)2-15)12(24)19-11-7(4-30-9(23)3-16)21(13(11)25)32(26,27)28;/h5,7,11H,2-4H2,1H3,(H,19,24)(H,17,18,22)(H,26,27,28);/q;+1/p-1/t7-,11+;/m1./s1. The fourth-order valence-electron chi connectivity index (χ4n) is 2.43. The summed E-state index contributed by atoms with van der Waals surface area (Å²) in [6, 6.07) is -3.04. The van der Waals surface area contributed by atoms with E-state index < -0.39 is 64.3 Å². The van der Waals surface area contributed by atoms with Crippen LogP contribution in [0.15, 0.2) is 10.5 Å². The van der Waals surface area contributed by atoms with E-state index in [1.165, 1.54) is 5.38 Å². The van der Waals surface area contributed by atoms with Crippen molar-refractivity contribution >= 4 is 79.4 Å². The number of carbonyl (C=O) groups excluding carboxylic acids is 4. The van der Waals surface area contributed by atoms with E-state index in [1.807, 2.05) is 0 Å². The minimum absolute atomic E-state index is 0. The third-order valence-electron chi connectivity index (χ3n) is 3.73. The number of alkyl halides is 2. The fourth-order valence-corrected chi connectivity index (χ4v) is 4.13. The van der Waals surface area contributed by atoms with Crippen LogP contribution in [0.1, 0.15) is 5.69 Å².